The summed E-state index contributed by atoms with van der Waals surface area (Å²) in [7, 11) is 0. The number of nitrogens with zero attached hydrogens (tertiary/aromatic N) is 1. The van der Waals surface area contributed by atoms with Crippen molar-refractivity contribution in [3.05, 3.63) is 23.4 Å². The van der Waals surface area contributed by atoms with Gasteiger partial charge >= 0.3 is 0 Å². The molecule has 0 amide bonds. The number of hydrogen-bond donors (Lipinski definition) is 0. The van der Waals surface area contributed by atoms with Crippen molar-refractivity contribution in [2.45, 2.75) is 58.5 Å². The van der Waals surface area contributed by atoms with Gasteiger partial charge in [-0.15, -0.1) is 0 Å². The van der Waals surface area contributed by atoms with Crippen LogP contribution in [0.5, 0.6) is 5.88 Å². The van der Waals surface area contributed by atoms with E-state index in [1.165, 1.54) is 30.4 Å². The average Bonchev–Trinajstić information content (AvgIpc) is 2.22. The first-order valence-corrected chi connectivity index (χ1v) is 6.36. The summed E-state index contributed by atoms with van der Waals surface area (Å²) in [5.41, 5.74) is 2.68. The Morgan fingerprint density at radius 2 is 2.19 bits per heavy atom. The second-order valence-corrected chi connectivity index (χ2v) is 4.86. The van der Waals surface area contributed by atoms with Gasteiger partial charge in [-0.1, -0.05) is 20.8 Å². The molecule has 1 aliphatic rings. The van der Waals surface area contributed by atoms with Crippen LogP contribution in [0.4, 0.5) is 0 Å². The molecule has 0 N–H and O–H groups in total. The quantitative estimate of drug-likeness (QED) is 0.770. The van der Waals surface area contributed by atoms with Gasteiger partial charge in [0, 0.05) is 11.8 Å². The van der Waals surface area contributed by atoms with Gasteiger partial charge in [-0.25, -0.2) is 4.98 Å². The molecule has 1 fully saturated rings. The van der Waals surface area contributed by atoms with Gasteiger partial charge in [-0.2, -0.15) is 0 Å². The SMILES string of the molecule is CCc1c(C(C)C)ccnc1OC1CCC1. The molecule has 0 radical (unpaired) electrons. The van der Waals surface area contributed by atoms with E-state index in [1.54, 1.807) is 0 Å². The van der Waals surface area contributed by atoms with Crippen LogP contribution in [0.15, 0.2) is 12.3 Å². The zero-order chi connectivity index (χ0) is 11.5. The Kier molecular flexibility index (Phi) is 3.47. The van der Waals surface area contributed by atoms with Gasteiger partial charge in [0.2, 0.25) is 5.88 Å². The predicted molar refractivity (Wildman–Crippen MR) is 66.0 cm³/mol. The van der Waals surface area contributed by atoms with Gasteiger partial charge < -0.3 is 4.74 Å². The summed E-state index contributed by atoms with van der Waals surface area (Å²) in [5, 5.41) is 0. The van der Waals surface area contributed by atoms with Crippen molar-refractivity contribution >= 4 is 0 Å². The lowest BCUT2D eigenvalue weighted by molar-refractivity contribution is 0.113. The highest BCUT2D eigenvalue weighted by atomic mass is 16.5. The summed E-state index contributed by atoms with van der Waals surface area (Å²) >= 11 is 0. The standard InChI is InChI=1S/C14H21NO/c1-4-12-13(10(2)3)8-9-15-14(12)16-11-6-5-7-11/h8-11H,4-7H2,1-3H3. The van der Waals surface area contributed by atoms with Crippen molar-refractivity contribution in [1.29, 1.82) is 0 Å². The lowest BCUT2D eigenvalue weighted by Crippen LogP contribution is -2.25. The third-order valence-electron chi connectivity index (χ3n) is 3.36. The second kappa shape index (κ2) is 4.86. The highest BCUT2D eigenvalue weighted by molar-refractivity contribution is 5.36. The molecule has 16 heavy (non-hydrogen) atoms. The molecule has 0 atom stereocenters. The van der Waals surface area contributed by atoms with Gasteiger partial charge in [0.05, 0.1) is 0 Å². The molecule has 1 saturated carbocycles. The summed E-state index contributed by atoms with van der Waals surface area (Å²) in [6, 6.07) is 2.12. The molecule has 0 bridgehead atoms. The van der Waals surface area contributed by atoms with E-state index in [1.807, 2.05) is 6.20 Å². The number of hydrogen-bond acceptors (Lipinski definition) is 2. The molecule has 0 unspecified atom stereocenters. The van der Waals surface area contributed by atoms with Gasteiger partial charge in [-0.05, 0) is 43.2 Å². The number of aromatic nitrogens is 1. The molecular weight excluding hydrogens is 198 g/mol. The molecule has 0 aromatic carbocycles. The van der Waals surface area contributed by atoms with E-state index in [4.69, 9.17) is 4.74 Å². The summed E-state index contributed by atoms with van der Waals surface area (Å²) in [5.74, 6) is 1.42. The van der Waals surface area contributed by atoms with Crippen molar-refractivity contribution in [2.75, 3.05) is 0 Å². The van der Waals surface area contributed by atoms with Crippen LogP contribution in [0.25, 0.3) is 0 Å². The Morgan fingerprint density at radius 1 is 1.44 bits per heavy atom. The highest BCUT2D eigenvalue weighted by Crippen LogP contribution is 2.30. The molecule has 2 rings (SSSR count). The maximum absolute atomic E-state index is 5.95. The molecule has 1 heterocycles. The topological polar surface area (TPSA) is 22.1 Å². The smallest absolute Gasteiger partial charge is 0.217 e. The van der Waals surface area contributed by atoms with Crippen molar-refractivity contribution in [2.24, 2.45) is 0 Å². The lowest BCUT2D eigenvalue weighted by atomic mass is 9.95. The van der Waals surface area contributed by atoms with Gasteiger partial charge in [0.15, 0.2) is 0 Å². The van der Waals surface area contributed by atoms with Crippen molar-refractivity contribution in [1.82, 2.24) is 4.98 Å². The van der Waals surface area contributed by atoms with E-state index in [0.29, 0.717) is 12.0 Å². The summed E-state index contributed by atoms with van der Waals surface area (Å²) in [4.78, 5) is 4.39. The minimum absolute atomic E-state index is 0.417. The lowest BCUT2D eigenvalue weighted by Gasteiger charge is -2.27. The molecular formula is C14H21NO. The molecule has 1 aromatic rings. The highest BCUT2D eigenvalue weighted by Gasteiger charge is 2.21. The van der Waals surface area contributed by atoms with Crippen LogP contribution in [-0.4, -0.2) is 11.1 Å². The Morgan fingerprint density at radius 3 is 2.69 bits per heavy atom. The molecule has 2 heteroatoms. The van der Waals surface area contributed by atoms with Gasteiger partial charge in [-0.3, -0.25) is 0 Å². The van der Waals surface area contributed by atoms with E-state index in [2.05, 4.69) is 31.8 Å². The van der Waals surface area contributed by atoms with Gasteiger partial charge in [0.1, 0.15) is 6.10 Å². The predicted octanol–water partition coefficient (Wildman–Crippen LogP) is 3.70. The molecule has 0 saturated heterocycles. The molecule has 88 valence electrons. The maximum Gasteiger partial charge on any atom is 0.217 e. The van der Waals surface area contributed by atoms with E-state index in [-0.39, 0.29) is 0 Å². The van der Waals surface area contributed by atoms with Crippen molar-refractivity contribution in [3.8, 4) is 5.88 Å². The monoisotopic (exact) mass is 219 g/mol. The molecule has 2 nitrogen and oxygen atoms in total. The fourth-order valence-corrected chi connectivity index (χ4v) is 2.13. The number of rotatable bonds is 4. The largest absolute Gasteiger partial charge is 0.474 e. The normalized spacial score (nSPS) is 16.2. The minimum Gasteiger partial charge on any atom is -0.474 e. The maximum atomic E-state index is 5.95. The third kappa shape index (κ3) is 2.21. The average molecular weight is 219 g/mol. The Bertz CT molecular complexity index is 356. The number of ether oxygens (including phenoxy) is 1. The summed E-state index contributed by atoms with van der Waals surface area (Å²) < 4.78 is 5.95. The van der Waals surface area contributed by atoms with Crippen LogP contribution in [-0.2, 0) is 6.42 Å². The Hall–Kier alpha value is -1.05. The Labute approximate surface area is 98.0 Å². The molecule has 1 aliphatic carbocycles. The fourth-order valence-electron chi connectivity index (χ4n) is 2.13. The van der Waals surface area contributed by atoms with E-state index < -0.39 is 0 Å². The van der Waals surface area contributed by atoms with E-state index >= 15 is 0 Å². The van der Waals surface area contributed by atoms with Crippen LogP contribution in [0.1, 0.15) is 57.1 Å². The molecule has 0 spiro atoms. The zero-order valence-corrected chi connectivity index (χ0v) is 10.5. The van der Waals surface area contributed by atoms with Crippen molar-refractivity contribution < 1.29 is 4.74 Å². The first-order valence-electron chi connectivity index (χ1n) is 6.36. The summed E-state index contributed by atoms with van der Waals surface area (Å²) in [6.07, 6.45) is 6.98. The fraction of sp³-hybridized carbons (Fsp3) is 0.643. The van der Waals surface area contributed by atoms with Crippen LogP contribution in [0.2, 0.25) is 0 Å². The van der Waals surface area contributed by atoms with E-state index in [9.17, 15) is 0 Å². The Balaban J connectivity index is 2.24. The van der Waals surface area contributed by atoms with E-state index in [0.717, 1.165) is 12.3 Å². The minimum atomic E-state index is 0.417. The first-order chi connectivity index (χ1) is 7.72. The molecule has 1 aromatic heterocycles. The zero-order valence-electron chi connectivity index (χ0n) is 10.5. The van der Waals surface area contributed by atoms with Crippen LogP contribution >= 0.6 is 0 Å². The van der Waals surface area contributed by atoms with Crippen LogP contribution in [0.3, 0.4) is 0 Å². The summed E-state index contributed by atoms with van der Waals surface area (Å²) in [6.45, 7) is 6.62. The van der Waals surface area contributed by atoms with Crippen LogP contribution in [0, 0.1) is 0 Å². The third-order valence-corrected chi connectivity index (χ3v) is 3.36. The molecule has 0 aliphatic heterocycles. The van der Waals surface area contributed by atoms with Crippen LogP contribution < -0.4 is 4.74 Å². The number of pyridine rings is 1. The van der Waals surface area contributed by atoms with Gasteiger partial charge in [0.25, 0.3) is 0 Å². The second-order valence-electron chi connectivity index (χ2n) is 4.86. The first kappa shape index (κ1) is 11.4. The van der Waals surface area contributed by atoms with Crippen molar-refractivity contribution in [3.63, 3.8) is 0 Å².